The molecule has 1 unspecified atom stereocenters. The standard InChI is InChI=1S/C20H24ClN3O6S/c1-13-6-8-17(12-18(13)21)30-10-9-22-20(25)15(3)23(31(4,28)29)19-11-16(24(26)27)7-5-14(19)2/h5-8,11-12,15H,9-10H2,1-4H3,(H,22,25). The molecule has 2 rings (SSSR count). The van der Waals surface area contributed by atoms with Crippen LogP contribution in [-0.4, -0.2) is 44.7 Å². The number of carbonyl (C=O) groups excluding carboxylic acids is 1. The Morgan fingerprint density at radius 2 is 1.87 bits per heavy atom. The Balaban J connectivity index is 2.10. The third kappa shape index (κ3) is 6.31. The number of rotatable bonds is 9. The lowest BCUT2D eigenvalue weighted by atomic mass is 10.1. The molecule has 168 valence electrons. The van der Waals surface area contributed by atoms with E-state index < -0.39 is 26.9 Å². The zero-order chi connectivity index (χ0) is 23.3. The molecule has 1 N–H and O–H groups in total. The number of hydrogen-bond donors (Lipinski definition) is 1. The number of nitro groups is 1. The highest BCUT2D eigenvalue weighted by molar-refractivity contribution is 7.92. The summed E-state index contributed by atoms with van der Waals surface area (Å²) in [6.07, 6.45) is 0.944. The van der Waals surface area contributed by atoms with Crippen molar-refractivity contribution in [1.82, 2.24) is 5.32 Å². The molecule has 0 aliphatic carbocycles. The Labute approximate surface area is 186 Å². The van der Waals surface area contributed by atoms with E-state index >= 15 is 0 Å². The molecule has 2 aromatic rings. The number of non-ortho nitro benzene ring substituents is 1. The molecule has 0 aliphatic rings. The van der Waals surface area contributed by atoms with E-state index in [1.165, 1.54) is 19.1 Å². The molecule has 0 aliphatic heterocycles. The number of nitrogens with one attached hydrogen (secondary N) is 1. The van der Waals surface area contributed by atoms with Crippen molar-refractivity contribution in [3.8, 4) is 5.75 Å². The van der Waals surface area contributed by atoms with E-state index in [2.05, 4.69) is 5.32 Å². The first-order valence-corrected chi connectivity index (χ1v) is 11.6. The summed E-state index contributed by atoms with van der Waals surface area (Å²) in [4.78, 5) is 23.1. The Hall–Kier alpha value is -2.85. The van der Waals surface area contributed by atoms with Gasteiger partial charge in [-0.1, -0.05) is 23.7 Å². The fourth-order valence-electron chi connectivity index (χ4n) is 2.88. The smallest absolute Gasteiger partial charge is 0.271 e. The zero-order valence-electron chi connectivity index (χ0n) is 17.6. The predicted octanol–water partition coefficient (Wildman–Crippen LogP) is 3.21. The van der Waals surface area contributed by atoms with E-state index in [1.54, 1.807) is 19.1 Å². The van der Waals surface area contributed by atoms with Gasteiger partial charge in [0.05, 0.1) is 23.4 Å². The summed E-state index contributed by atoms with van der Waals surface area (Å²) in [6, 6.07) is 7.95. The van der Waals surface area contributed by atoms with E-state index in [9.17, 15) is 23.3 Å². The zero-order valence-corrected chi connectivity index (χ0v) is 19.2. The normalized spacial score (nSPS) is 12.2. The van der Waals surface area contributed by atoms with E-state index in [1.807, 2.05) is 13.0 Å². The van der Waals surface area contributed by atoms with Crippen LogP contribution >= 0.6 is 11.6 Å². The topological polar surface area (TPSA) is 119 Å². The van der Waals surface area contributed by atoms with Crippen molar-refractivity contribution in [3.05, 3.63) is 62.7 Å². The second-order valence-corrected chi connectivity index (χ2v) is 9.28. The lowest BCUT2D eigenvalue weighted by molar-refractivity contribution is -0.384. The van der Waals surface area contributed by atoms with Gasteiger partial charge in [-0.05, 0) is 44.0 Å². The van der Waals surface area contributed by atoms with Gasteiger partial charge in [0.2, 0.25) is 15.9 Å². The second kappa shape index (κ2) is 9.97. The van der Waals surface area contributed by atoms with Crippen LogP contribution in [0.2, 0.25) is 5.02 Å². The van der Waals surface area contributed by atoms with Crippen LogP contribution in [0.5, 0.6) is 5.75 Å². The highest BCUT2D eigenvalue weighted by Gasteiger charge is 2.31. The minimum absolute atomic E-state index is 0.0740. The molecule has 0 saturated carbocycles. The highest BCUT2D eigenvalue weighted by atomic mass is 35.5. The molecule has 1 amide bonds. The van der Waals surface area contributed by atoms with E-state index in [0.29, 0.717) is 16.3 Å². The molecule has 2 aromatic carbocycles. The van der Waals surface area contributed by atoms with Gasteiger partial charge >= 0.3 is 0 Å². The van der Waals surface area contributed by atoms with Gasteiger partial charge in [-0.2, -0.15) is 0 Å². The largest absolute Gasteiger partial charge is 0.492 e. The van der Waals surface area contributed by atoms with Crippen LogP contribution in [0.3, 0.4) is 0 Å². The molecule has 0 fully saturated rings. The predicted molar refractivity (Wildman–Crippen MR) is 119 cm³/mol. The lowest BCUT2D eigenvalue weighted by Crippen LogP contribution is -2.48. The molecule has 0 saturated heterocycles. The number of aryl methyl sites for hydroxylation is 2. The molecule has 31 heavy (non-hydrogen) atoms. The molecular formula is C20H24ClN3O6S. The van der Waals surface area contributed by atoms with Crippen LogP contribution in [0, 0.1) is 24.0 Å². The monoisotopic (exact) mass is 469 g/mol. The number of amides is 1. The first kappa shape index (κ1) is 24.4. The SMILES string of the molecule is Cc1ccc(OCCNC(=O)C(C)N(c2cc([N+](=O)[O-])ccc2C)S(C)(=O)=O)cc1Cl. The maximum Gasteiger partial charge on any atom is 0.271 e. The molecule has 11 heteroatoms. The van der Waals surface area contributed by atoms with Gasteiger partial charge in [0, 0.05) is 17.2 Å². The van der Waals surface area contributed by atoms with Crippen molar-refractivity contribution in [2.45, 2.75) is 26.8 Å². The molecule has 0 bridgehead atoms. The number of carbonyl (C=O) groups is 1. The van der Waals surface area contributed by atoms with Gasteiger partial charge in [-0.25, -0.2) is 8.42 Å². The molecule has 0 radical (unpaired) electrons. The maximum absolute atomic E-state index is 12.6. The van der Waals surface area contributed by atoms with Crippen molar-refractivity contribution < 1.29 is 22.9 Å². The maximum atomic E-state index is 12.6. The number of sulfonamides is 1. The quantitative estimate of drug-likeness (QED) is 0.342. The van der Waals surface area contributed by atoms with Crippen molar-refractivity contribution in [1.29, 1.82) is 0 Å². The summed E-state index contributed by atoms with van der Waals surface area (Å²) in [7, 11) is -3.91. The van der Waals surface area contributed by atoms with Crippen molar-refractivity contribution in [2.24, 2.45) is 0 Å². The van der Waals surface area contributed by atoms with Gasteiger partial charge in [-0.15, -0.1) is 0 Å². The molecular weight excluding hydrogens is 446 g/mol. The number of anilines is 1. The van der Waals surface area contributed by atoms with Gasteiger partial charge < -0.3 is 10.1 Å². The Bertz CT molecular complexity index is 1090. The molecule has 0 aromatic heterocycles. The lowest BCUT2D eigenvalue weighted by Gasteiger charge is -2.29. The molecule has 9 nitrogen and oxygen atoms in total. The number of halogens is 1. The van der Waals surface area contributed by atoms with Gasteiger partial charge in [0.15, 0.2) is 0 Å². The summed E-state index contributed by atoms with van der Waals surface area (Å²) in [5.74, 6) is -0.0234. The number of nitrogens with zero attached hydrogens (tertiary/aromatic N) is 2. The third-order valence-electron chi connectivity index (χ3n) is 4.54. The van der Waals surface area contributed by atoms with Gasteiger partial charge in [0.25, 0.3) is 5.69 Å². The Morgan fingerprint density at radius 1 is 1.23 bits per heavy atom. The van der Waals surface area contributed by atoms with Gasteiger partial charge in [0.1, 0.15) is 18.4 Å². The summed E-state index contributed by atoms with van der Waals surface area (Å²) < 4.78 is 31.3. The van der Waals surface area contributed by atoms with Gasteiger partial charge in [-0.3, -0.25) is 19.2 Å². The van der Waals surface area contributed by atoms with Crippen LogP contribution in [0.15, 0.2) is 36.4 Å². The van der Waals surface area contributed by atoms with E-state index in [0.717, 1.165) is 22.2 Å². The van der Waals surface area contributed by atoms with Crippen molar-refractivity contribution in [3.63, 3.8) is 0 Å². The van der Waals surface area contributed by atoms with E-state index in [4.69, 9.17) is 16.3 Å². The van der Waals surface area contributed by atoms with Crippen molar-refractivity contribution >= 4 is 38.9 Å². The van der Waals surface area contributed by atoms with Crippen LogP contribution in [0.1, 0.15) is 18.1 Å². The fourth-order valence-corrected chi connectivity index (χ4v) is 4.28. The first-order chi connectivity index (χ1) is 14.4. The average Bonchev–Trinajstić information content (AvgIpc) is 2.68. The number of ether oxygens (including phenoxy) is 1. The summed E-state index contributed by atoms with van der Waals surface area (Å²) >= 11 is 6.04. The van der Waals surface area contributed by atoms with Crippen LogP contribution < -0.4 is 14.4 Å². The third-order valence-corrected chi connectivity index (χ3v) is 6.18. The Morgan fingerprint density at radius 3 is 2.45 bits per heavy atom. The number of hydrogen-bond acceptors (Lipinski definition) is 6. The minimum atomic E-state index is -3.91. The summed E-state index contributed by atoms with van der Waals surface area (Å²) in [6.45, 7) is 5.16. The highest BCUT2D eigenvalue weighted by Crippen LogP contribution is 2.29. The second-order valence-electron chi connectivity index (χ2n) is 7.01. The molecule has 0 heterocycles. The minimum Gasteiger partial charge on any atom is -0.492 e. The van der Waals surface area contributed by atoms with Crippen LogP contribution in [-0.2, 0) is 14.8 Å². The molecule has 0 spiro atoms. The van der Waals surface area contributed by atoms with Crippen LogP contribution in [0.4, 0.5) is 11.4 Å². The summed E-state index contributed by atoms with van der Waals surface area (Å²) in [5, 5.41) is 14.3. The first-order valence-electron chi connectivity index (χ1n) is 9.33. The van der Waals surface area contributed by atoms with E-state index in [-0.39, 0.29) is 24.5 Å². The average molecular weight is 470 g/mol. The fraction of sp³-hybridized carbons (Fsp3) is 0.350. The number of nitro benzene ring substituents is 1. The molecule has 1 atom stereocenters. The number of benzene rings is 2. The summed E-state index contributed by atoms with van der Waals surface area (Å²) in [5.41, 5.74) is 1.20. The van der Waals surface area contributed by atoms with Crippen LogP contribution in [0.25, 0.3) is 0 Å². The van der Waals surface area contributed by atoms with Crippen molar-refractivity contribution in [2.75, 3.05) is 23.7 Å². The Kier molecular flexibility index (Phi) is 7.85.